The van der Waals surface area contributed by atoms with Gasteiger partial charge in [0.15, 0.2) is 0 Å². The lowest BCUT2D eigenvalue weighted by Crippen LogP contribution is -2.55. The number of aromatic nitrogens is 2. The van der Waals surface area contributed by atoms with Crippen LogP contribution < -0.4 is 0 Å². The fourth-order valence-corrected chi connectivity index (χ4v) is 4.19. The van der Waals surface area contributed by atoms with Gasteiger partial charge in [-0.2, -0.15) is 5.10 Å². The van der Waals surface area contributed by atoms with Gasteiger partial charge in [0, 0.05) is 17.0 Å². The van der Waals surface area contributed by atoms with Crippen LogP contribution in [-0.4, -0.2) is 61.2 Å². The third-order valence-corrected chi connectivity index (χ3v) is 6.06. The number of halogens is 1. The minimum Gasteiger partial charge on any atom is -0.394 e. The van der Waals surface area contributed by atoms with Crippen molar-refractivity contribution in [3.63, 3.8) is 0 Å². The van der Waals surface area contributed by atoms with Gasteiger partial charge in [-0.1, -0.05) is 29.8 Å². The van der Waals surface area contributed by atoms with Crippen LogP contribution in [0.25, 0.3) is 10.9 Å². The number of hydrogen-bond acceptors (Lipinski definition) is 6. The quantitative estimate of drug-likeness (QED) is 0.490. The van der Waals surface area contributed by atoms with E-state index in [0.717, 1.165) is 28.6 Å². The second-order valence-corrected chi connectivity index (χ2v) is 8.04. The second-order valence-electron chi connectivity index (χ2n) is 7.63. The van der Waals surface area contributed by atoms with Gasteiger partial charge in [-0.25, -0.2) is 0 Å². The molecule has 1 saturated heterocycles. The number of benzene rings is 2. The molecule has 1 fully saturated rings. The van der Waals surface area contributed by atoms with Gasteiger partial charge in [0.25, 0.3) is 0 Å². The first-order valence-corrected chi connectivity index (χ1v) is 10.3. The van der Waals surface area contributed by atoms with Gasteiger partial charge in [0.1, 0.15) is 30.5 Å². The van der Waals surface area contributed by atoms with Gasteiger partial charge < -0.3 is 25.2 Å². The van der Waals surface area contributed by atoms with Crippen LogP contribution in [0.4, 0.5) is 0 Å². The average Bonchev–Trinajstić information content (AvgIpc) is 3.16. The van der Waals surface area contributed by atoms with Crippen LogP contribution in [0.1, 0.15) is 29.7 Å². The van der Waals surface area contributed by atoms with E-state index in [1.807, 2.05) is 36.0 Å². The first-order chi connectivity index (χ1) is 14.4. The van der Waals surface area contributed by atoms with Crippen molar-refractivity contribution in [1.29, 1.82) is 0 Å². The number of fused-ring (bicyclic) bond motifs is 1. The molecule has 0 aliphatic carbocycles. The maximum atomic E-state index is 10.4. The van der Waals surface area contributed by atoms with Crippen LogP contribution in [-0.2, 0) is 17.7 Å². The minimum atomic E-state index is -1.42. The minimum absolute atomic E-state index is 0.465. The van der Waals surface area contributed by atoms with Crippen LogP contribution in [0.15, 0.2) is 42.6 Å². The maximum absolute atomic E-state index is 10.4. The Balaban J connectivity index is 1.62. The van der Waals surface area contributed by atoms with Gasteiger partial charge in [0.05, 0.1) is 18.3 Å². The third-order valence-electron chi connectivity index (χ3n) is 5.69. The molecule has 160 valence electrons. The number of aliphatic hydroxyl groups is 4. The molecule has 0 bridgehead atoms. The first-order valence-electron chi connectivity index (χ1n) is 9.96. The summed E-state index contributed by atoms with van der Waals surface area (Å²) in [4.78, 5) is 0. The molecule has 3 aromatic rings. The standard InChI is InChI=1S/C22H25ClN2O5/c1-2-25-17-6-3-12(8-15(17)10-24-25)7-14-9-13(4-5-16(14)23)22-21(29)20(28)19(27)18(11-26)30-22/h3-6,8-10,18-22,26-29H,2,7,11H2,1H3. The highest BCUT2D eigenvalue weighted by Gasteiger charge is 2.44. The van der Waals surface area contributed by atoms with E-state index in [0.29, 0.717) is 17.0 Å². The largest absolute Gasteiger partial charge is 0.394 e. The van der Waals surface area contributed by atoms with Crippen molar-refractivity contribution >= 4 is 22.5 Å². The molecule has 5 unspecified atom stereocenters. The second kappa shape index (κ2) is 8.63. The smallest absolute Gasteiger partial charge is 0.113 e. The van der Waals surface area contributed by atoms with Crippen LogP contribution in [0.2, 0.25) is 5.02 Å². The van der Waals surface area contributed by atoms with Crippen molar-refractivity contribution < 1.29 is 25.2 Å². The highest BCUT2D eigenvalue weighted by molar-refractivity contribution is 6.31. The molecule has 7 nitrogen and oxygen atoms in total. The molecule has 30 heavy (non-hydrogen) atoms. The number of aryl methyl sites for hydroxylation is 1. The van der Waals surface area contributed by atoms with E-state index in [2.05, 4.69) is 11.2 Å². The zero-order valence-corrected chi connectivity index (χ0v) is 17.3. The molecule has 0 spiro atoms. The Morgan fingerprint density at radius 2 is 1.87 bits per heavy atom. The monoisotopic (exact) mass is 432 g/mol. The zero-order chi connectivity index (χ0) is 21.4. The molecule has 0 amide bonds. The van der Waals surface area contributed by atoms with E-state index in [4.69, 9.17) is 16.3 Å². The zero-order valence-electron chi connectivity index (χ0n) is 16.5. The summed E-state index contributed by atoms with van der Waals surface area (Å²) in [6.07, 6.45) is -3.56. The summed E-state index contributed by atoms with van der Waals surface area (Å²) >= 11 is 6.42. The lowest BCUT2D eigenvalue weighted by molar-refractivity contribution is -0.231. The lowest BCUT2D eigenvalue weighted by Gasteiger charge is -2.40. The molecule has 0 saturated carbocycles. The Kier molecular flexibility index (Phi) is 6.11. The number of nitrogens with zero attached hydrogens (tertiary/aromatic N) is 2. The van der Waals surface area contributed by atoms with Gasteiger partial charge in [-0.05, 0) is 48.2 Å². The summed E-state index contributed by atoms with van der Waals surface area (Å²) in [6, 6.07) is 11.4. The normalized spacial score (nSPS) is 26.9. The van der Waals surface area contributed by atoms with Gasteiger partial charge in [-0.3, -0.25) is 4.68 Å². The molecule has 0 radical (unpaired) electrons. The van der Waals surface area contributed by atoms with Crippen molar-refractivity contribution in [2.45, 2.75) is 50.4 Å². The van der Waals surface area contributed by atoms with E-state index >= 15 is 0 Å². The SMILES string of the molecule is CCn1ncc2cc(Cc3cc(C4OC(CO)C(O)C(O)C4O)ccc3Cl)ccc21. The molecule has 2 aromatic carbocycles. The summed E-state index contributed by atoms with van der Waals surface area (Å²) in [5.41, 5.74) is 3.59. The number of rotatable bonds is 5. The Labute approximate surface area is 179 Å². The van der Waals surface area contributed by atoms with E-state index < -0.39 is 37.1 Å². The predicted molar refractivity (Wildman–Crippen MR) is 112 cm³/mol. The van der Waals surface area contributed by atoms with E-state index in [9.17, 15) is 20.4 Å². The van der Waals surface area contributed by atoms with Crippen molar-refractivity contribution in [2.75, 3.05) is 6.61 Å². The Hall–Kier alpha value is -2.00. The molecule has 2 heterocycles. The molecule has 8 heteroatoms. The van der Waals surface area contributed by atoms with E-state index in [-0.39, 0.29) is 0 Å². The summed E-state index contributed by atoms with van der Waals surface area (Å²) < 4.78 is 7.61. The van der Waals surface area contributed by atoms with Crippen LogP contribution in [0.5, 0.6) is 0 Å². The number of aliphatic hydroxyl groups excluding tert-OH is 4. The molecule has 4 rings (SSSR count). The number of ether oxygens (including phenoxy) is 1. The van der Waals surface area contributed by atoms with Crippen LogP contribution in [0.3, 0.4) is 0 Å². The van der Waals surface area contributed by atoms with Gasteiger partial charge >= 0.3 is 0 Å². The predicted octanol–water partition coefficient (Wildman–Crippen LogP) is 1.82. The first kappa shape index (κ1) is 21.2. The van der Waals surface area contributed by atoms with Gasteiger partial charge in [0.2, 0.25) is 0 Å². The Bertz CT molecular complexity index is 1040. The Morgan fingerprint density at radius 1 is 1.07 bits per heavy atom. The average molecular weight is 433 g/mol. The maximum Gasteiger partial charge on any atom is 0.113 e. The molecular weight excluding hydrogens is 408 g/mol. The molecule has 1 aliphatic rings. The molecule has 1 aromatic heterocycles. The third kappa shape index (κ3) is 3.85. The van der Waals surface area contributed by atoms with Crippen molar-refractivity contribution in [2.24, 2.45) is 0 Å². The number of hydrogen-bond donors (Lipinski definition) is 4. The van der Waals surface area contributed by atoms with E-state index in [1.54, 1.807) is 12.1 Å². The lowest BCUT2D eigenvalue weighted by atomic mass is 9.90. The van der Waals surface area contributed by atoms with Crippen molar-refractivity contribution in [3.05, 3.63) is 64.3 Å². The molecule has 1 aliphatic heterocycles. The van der Waals surface area contributed by atoms with Crippen LogP contribution >= 0.6 is 11.6 Å². The highest BCUT2D eigenvalue weighted by atomic mass is 35.5. The van der Waals surface area contributed by atoms with Crippen LogP contribution in [0, 0.1) is 0 Å². The van der Waals surface area contributed by atoms with Gasteiger partial charge in [-0.15, -0.1) is 0 Å². The summed E-state index contributed by atoms with van der Waals surface area (Å²) in [6.45, 7) is 2.38. The summed E-state index contributed by atoms with van der Waals surface area (Å²) in [5.74, 6) is 0. The highest BCUT2D eigenvalue weighted by Crippen LogP contribution is 2.34. The Morgan fingerprint density at radius 3 is 2.60 bits per heavy atom. The summed E-state index contributed by atoms with van der Waals surface area (Å²) in [7, 11) is 0. The van der Waals surface area contributed by atoms with E-state index in [1.165, 1.54) is 0 Å². The molecular formula is C22H25ClN2O5. The van der Waals surface area contributed by atoms with Crippen molar-refractivity contribution in [3.8, 4) is 0 Å². The fraction of sp³-hybridized carbons (Fsp3) is 0.409. The topological polar surface area (TPSA) is 108 Å². The molecule has 5 atom stereocenters. The summed E-state index contributed by atoms with van der Waals surface area (Å²) in [5, 5.41) is 45.9. The van der Waals surface area contributed by atoms with Crippen molar-refractivity contribution in [1.82, 2.24) is 9.78 Å². The fourth-order valence-electron chi connectivity index (χ4n) is 4.00. The molecule has 4 N–H and O–H groups in total.